The molecular formula is C24H22O6. The van der Waals surface area contributed by atoms with Crippen molar-refractivity contribution in [1.29, 1.82) is 0 Å². The first-order valence-electron chi connectivity index (χ1n) is 9.23. The van der Waals surface area contributed by atoms with Crippen molar-refractivity contribution in [2.75, 3.05) is 27.9 Å². The Hall–Kier alpha value is -3.80. The summed E-state index contributed by atoms with van der Waals surface area (Å²) in [6, 6.07) is 20.0. The van der Waals surface area contributed by atoms with Crippen LogP contribution >= 0.6 is 0 Å². The summed E-state index contributed by atoms with van der Waals surface area (Å²) < 4.78 is 20.9. The number of benzene rings is 3. The Kier molecular flexibility index (Phi) is 6.70. The molecule has 30 heavy (non-hydrogen) atoms. The Morgan fingerprint density at radius 1 is 0.700 bits per heavy atom. The third-order valence-corrected chi connectivity index (χ3v) is 4.55. The second-order valence-corrected chi connectivity index (χ2v) is 6.36. The molecule has 3 rings (SSSR count). The van der Waals surface area contributed by atoms with E-state index in [1.807, 2.05) is 42.5 Å². The van der Waals surface area contributed by atoms with E-state index in [4.69, 9.17) is 18.9 Å². The summed E-state index contributed by atoms with van der Waals surface area (Å²) in [5.74, 6) is 0.0586. The van der Waals surface area contributed by atoms with Gasteiger partial charge in [0.2, 0.25) is 5.75 Å². The quantitative estimate of drug-likeness (QED) is 0.407. The van der Waals surface area contributed by atoms with E-state index in [0.29, 0.717) is 22.8 Å². The lowest BCUT2D eigenvalue weighted by atomic mass is 10.0. The summed E-state index contributed by atoms with van der Waals surface area (Å²) in [6.07, 6.45) is 0. The van der Waals surface area contributed by atoms with Crippen LogP contribution in [0.2, 0.25) is 0 Å². The SMILES string of the molecule is COc1cc(C(=O)OCC(=O)c2ccc(-c3ccccc3)cc2)cc(OC)c1OC. The molecule has 0 unspecified atom stereocenters. The van der Waals surface area contributed by atoms with Gasteiger partial charge in [0, 0.05) is 5.56 Å². The van der Waals surface area contributed by atoms with Gasteiger partial charge in [-0.2, -0.15) is 0 Å². The predicted molar refractivity (Wildman–Crippen MR) is 113 cm³/mol. The zero-order chi connectivity index (χ0) is 21.5. The first-order valence-corrected chi connectivity index (χ1v) is 9.23. The summed E-state index contributed by atoms with van der Waals surface area (Å²) in [7, 11) is 4.38. The van der Waals surface area contributed by atoms with E-state index >= 15 is 0 Å². The number of rotatable bonds is 8. The van der Waals surface area contributed by atoms with Crippen LogP contribution in [-0.2, 0) is 4.74 Å². The molecule has 0 fully saturated rings. The minimum absolute atomic E-state index is 0.191. The van der Waals surface area contributed by atoms with Crippen LogP contribution in [0, 0.1) is 0 Å². The summed E-state index contributed by atoms with van der Waals surface area (Å²) >= 11 is 0. The number of hydrogen-bond acceptors (Lipinski definition) is 6. The van der Waals surface area contributed by atoms with Crippen molar-refractivity contribution < 1.29 is 28.5 Å². The molecule has 0 atom stereocenters. The normalized spacial score (nSPS) is 10.2. The van der Waals surface area contributed by atoms with Crippen LogP contribution in [0.3, 0.4) is 0 Å². The third-order valence-electron chi connectivity index (χ3n) is 4.55. The Balaban J connectivity index is 1.68. The van der Waals surface area contributed by atoms with Gasteiger partial charge in [-0.3, -0.25) is 4.79 Å². The molecule has 0 aliphatic carbocycles. The van der Waals surface area contributed by atoms with Crippen molar-refractivity contribution in [1.82, 2.24) is 0 Å². The Morgan fingerprint density at radius 2 is 1.27 bits per heavy atom. The molecule has 6 nitrogen and oxygen atoms in total. The molecule has 0 aromatic heterocycles. The number of Topliss-reactive ketones (excluding diaryl/α,β-unsaturated/α-hetero) is 1. The molecule has 6 heteroatoms. The maximum atomic E-state index is 12.4. The third kappa shape index (κ3) is 4.60. The van der Waals surface area contributed by atoms with Crippen molar-refractivity contribution in [3.8, 4) is 28.4 Å². The average Bonchev–Trinajstić information content (AvgIpc) is 2.81. The van der Waals surface area contributed by atoms with Gasteiger partial charge in [-0.05, 0) is 23.3 Å². The van der Waals surface area contributed by atoms with Crippen LogP contribution in [0.15, 0.2) is 66.7 Å². The number of ether oxygens (including phenoxy) is 4. The van der Waals surface area contributed by atoms with E-state index in [0.717, 1.165) is 11.1 Å². The van der Waals surface area contributed by atoms with Gasteiger partial charge in [0.15, 0.2) is 23.9 Å². The molecule has 0 bridgehead atoms. The second kappa shape index (κ2) is 9.60. The highest BCUT2D eigenvalue weighted by molar-refractivity contribution is 6.00. The number of ketones is 1. The van der Waals surface area contributed by atoms with Crippen LogP contribution in [-0.4, -0.2) is 39.7 Å². The first-order chi connectivity index (χ1) is 14.6. The smallest absolute Gasteiger partial charge is 0.338 e. The largest absolute Gasteiger partial charge is 0.493 e. The van der Waals surface area contributed by atoms with Crippen LogP contribution < -0.4 is 14.2 Å². The zero-order valence-corrected chi connectivity index (χ0v) is 17.0. The van der Waals surface area contributed by atoms with E-state index < -0.39 is 5.97 Å². The minimum atomic E-state index is -0.663. The van der Waals surface area contributed by atoms with Crippen molar-refractivity contribution in [3.05, 3.63) is 77.9 Å². The van der Waals surface area contributed by atoms with E-state index in [1.165, 1.54) is 33.5 Å². The fourth-order valence-electron chi connectivity index (χ4n) is 2.98. The fraction of sp³-hybridized carbons (Fsp3) is 0.167. The Bertz CT molecular complexity index is 1000. The van der Waals surface area contributed by atoms with Crippen LogP contribution in [0.5, 0.6) is 17.2 Å². The molecule has 3 aromatic rings. The maximum absolute atomic E-state index is 12.4. The highest BCUT2D eigenvalue weighted by atomic mass is 16.5. The van der Waals surface area contributed by atoms with Gasteiger partial charge in [-0.25, -0.2) is 4.79 Å². The van der Waals surface area contributed by atoms with Gasteiger partial charge in [-0.15, -0.1) is 0 Å². The second-order valence-electron chi connectivity index (χ2n) is 6.36. The molecular weight excluding hydrogens is 384 g/mol. The zero-order valence-electron chi connectivity index (χ0n) is 17.0. The van der Waals surface area contributed by atoms with E-state index in [-0.39, 0.29) is 18.0 Å². The van der Waals surface area contributed by atoms with E-state index in [1.54, 1.807) is 12.1 Å². The summed E-state index contributed by atoms with van der Waals surface area (Å²) in [4.78, 5) is 24.9. The number of carbonyl (C=O) groups is 2. The van der Waals surface area contributed by atoms with E-state index in [9.17, 15) is 9.59 Å². The lowest BCUT2D eigenvalue weighted by molar-refractivity contribution is 0.0474. The highest BCUT2D eigenvalue weighted by Gasteiger charge is 2.19. The van der Waals surface area contributed by atoms with Gasteiger partial charge < -0.3 is 18.9 Å². The first kappa shape index (κ1) is 20.9. The minimum Gasteiger partial charge on any atom is -0.493 e. The number of hydrogen-bond donors (Lipinski definition) is 0. The topological polar surface area (TPSA) is 71.1 Å². The molecule has 3 aromatic carbocycles. The van der Waals surface area contributed by atoms with Crippen molar-refractivity contribution >= 4 is 11.8 Å². The maximum Gasteiger partial charge on any atom is 0.338 e. The lowest BCUT2D eigenvalue weighted by Crippen LogP contribution is -2.14. The number of methoxy groups -OCH3 is 3. The van der Waals surface area contributed by atoms with Gasteiger partial charge >= 0.3 is 5.97 Å². The molecule has 0 amide bonds. The molecule has 0 saturated carbocycles. The van der Waals surface area contributed by atoms with Crippen molar-refractivity contribution in [2.24, 2.45) is 0 Å². The van der Waals surface area contributed by atoms with Crippen molar-refractivity contribution in [3.63, 3.8) is 0 Å². The average molecular weight is 406 g/mol. The van der Waals surface area contributed by atoms with Gasteiger partial charge in [0.05, 0.1) is 26.9 Å². The summed E-state index contributed by atoms with van der Waals surface area (Å²) in [5, 5.41) is 0. The summed E-state index contributed by atoms with van der Waals surface area (Å²) in [5.41, 5.74) is 2.72. The van der Waals surface area contributed by atoms with Crippen LogP contribution in [0.25, 0.3) is 11.1 Å². The Morgan fingerprint density at radius 3 is 1.80 bits per heavy atom. The fourth-order valence-corrected chi connectivity index (χ4v) is 2.98. The Labute approximate surface area is 175 Å². The van der Waals surface area contributed by atoms with Gasteiger partial charge in [0.1, 0.15) is 0 Å². The monoisotopic (exact) mass is 406 g/mol. The highest BCUT2D eigenvalue weighted by Crippen LogP contribution is 2.38. The summed E-state index contributed by atoms with van der Waals surface area (Å²) in [6.45, 7) is -0.375. The molecule has 0 heterocycles. The molecule has 0 aliphatic heterocycles. The molecule has 0 aliphatic rings. The van der Waals surface area contributed by atoms with Gasteiger partial charge in [-0.1, -0.05) is 54.6 Å². The van der Waals surface area contributed by atoms with Gasteiger partial charge in [0.25, 0.3) is 0 Å². The molecule has 0 N–H and O–H groups in total. The predicted octanol–water partition coefficient (Wildman–Crippen LogP) is 4.42. The number of esters is 1. The molecule has 154 valence electrons. The van der Waals surface area contributed by atoms with Crippen molar-refractivity contribution in [2.45, 2.75) is 0 Å². The van der Waals surface area contributed by atoms with E-state index in [2.05, 4.69) is 0 Å². The number of carbonyl (C=O) groups excluding carboxylic acids is 2. The van der Waals surface area contributed by atoms with Crippen LogP contribution in [0.4, 0.5) is 0 Å². The lowest BCUT2D eigenvalue weighted by Gasteiger charge is -2.13. The molecule has 0 radical (unpaired) electrons. The molecule has 0 saturated heterocycles. The van der Waals surface area contributed by atoms with Crippen LogP contribution in [0.1, 0.15) is 20.7 Å². The molecule has 0 spiro atoms. The standard InChI is InChI=1S/C24H22O6/c1-27-21-13-19(14-22(28-2)23(21)29-3)24(26)30-15-20(25)18-11-9-17(10-12-18)16-7-5-4-6-8-16/h4-14H,15H2,1-3H3.